The van der Waals surface area contributed by atoms with E-state index in [0.29, 0.717) is 18.0 Å². The molecule has 2 heterocycles. The Labute approximate surface area is 148 Å². The summed E-state index contributed by atoms with van der Waals surface area (Å²) in [5.41, 5.74) is 2.10. The highest BCUT2D eigenvalue weighted by molar-refractivity contribution is 7.16. The molecule has 0 unspecified atom stereocenters. The summed E-state index contributed by atoms with van der Waals surface area (Å²) < 4.78 is 8.13. The summed E-state index contributed by atoms with van der Waals surface area (Å²) in [7, 11) is 1.62. The van der Waals surface area contributed by atoms with Gasteiger partial charge in [-0.15, -0.1) is 0 Å². The topological polar surface area (TPSA) is 81.0 Å². The summed E-state index contributed by atoms with van der Waals surface area (Å²) in [6.07, 6.45) is 0.337. The smallest absolute Gasteiger partial charge is 0.268 e. The molecule has 0 aliphatic carbocycles. The molecule has 1 fully saturated rings. The molecule has 2 aromatic rings. The summed E-state index contributed by atoms with van der Waals surface area (Å²) in [5.74, 6) is -1.13. The molecular weight excluding hydrogens is 342 g/mol. The predicted molar refractivity (Wildman–Crippen MR) is 93.0 cm³/mol. The van der Waals surface area contributed by atoms with Gasteiger partial charge in [0.05, 0.1) is 16.8 Å². The minimum atomic E-state index is -0.501. The van der Waals surface area contributed by atoms with Gasteiger partial charge < -0.3 is 9.30 Å². The van der Waals surface area contributed by atoms with E-state index < -0.39 is 5.91 Å². The van der Waals surface area contributed by atoms with Gasteiger partial charge in [0.2, 0.25) is 11.8 Å². The zero-order valence-electron chi connectivity index (χ0n) is 14.2. The summed E-state index contributed by atoms with van der Waals surface area (Å²) in [6.45, 7) is 2.76. The summed E-state index contributed by atoms with van der Waals surface area (Å²) in [5, 5.41) is 0. The van der Waals surface area contributed by atoms with Gasteiger partial charge in [-0.05, 0) is 18.6 Å². The first-order chi connectivity index (χ1) is 12.0. The molecular formula is C17H19N3O4S. The molecule has 0 saturated carbocycles. The molecule has 3 rings (SSSR count). The lowest BCUT2D eigenvalue weighted by Gasteiger charge is -2.10. The fourth-order valence-electron chi connectivity index (χ4n) is 2.86. The van der Waals surface area contributed by atoms with Crippen LogP contribution < -0.4 is 4.80 Å². The van der Waals surface area contributed by atoms with Crippen LogP contribution in [0.1, 0.15) is 18.4 Å². The van der Waals surface area contributed by atoms with Crippen molar-refractivity contribution in [3.8, 4) is 0 Å². The van der Waals surface area contributed by atoms with Gasteiger partial charge in [-0.25, -0.2) is 0 Å². The first-order valence-electron chi connectivity index (χ1n) is 8.00. The highest BCUT2D eigenvalue weighted by atomic mass is 32.1. The van der Waals surface area contributed by atoms with Crippen molar-refractivity contribution in [3.05, 3.63) is 28.6 Å². The van der Waals surface area contributed by atoms with Gasteiger partial charge in [-0.1, -0.05) is 23.5 Å². The Hall–Kier alpha value is -2.32. The number of fused-ring (bicyclic) bond motifs is 1. The summed E-state index contributed by atoms with van der Waals surface area (Å²) >= 11 is 1.41. The molecule has 0 bridgehead atoms. The number of para-hydroxylation sites is 1. The SMILES string of the molecule is COCCn1c(=NC(=O)CN2C(=O)CCC2=O)sc2cccc(C)c21. The zero-order valence-corrected chi connectivity index (χ0v) is 15.0. The number of aromatic nitrogens is 1. The summed E-state index contributed by atoms with van der Waals surface area (Å²) in [6, 6.07) is 5.95. The molecule has 25 heavy (non-hydrogen) atoms. The number of hydrogen-bond donors (Lipinski definition) is 0. The van der Waals surface area contributed by atoms with Crippen molar-refractivity contribution in [2.45, 2.75) is 26.3 Å². The van der Waals surface area contributed by atoms with Crippen LogP contribution in [-0.4, -0.2) is 47.4 Å². The second kappa shape index (κ2) is 7.28. The lowest BCUT2D eigenvalue weighted by Crippen LogP contribution is -2.34. The van der Waals surface area contributed by atoms with E-state index in [1.807, 2.05) is 29.7 Å². The van der Waals surface area contributed by atoms with Crippen LogP contribution >= 0.6 is 11.3 Å². The number of rotatable bonds is 5. The van der Waals surface area contributed by atoms with Crippen LogP contribution in [0.4, 0.5) is 0 Å². The van der Waals surface area contributed by atoms with E-state index in [0.717, 1.165) is 20.7 Å². The van der Waals surface area contributed by atoms with Crippen molar-refractivity contribution < 1.29 is 19.1 Å². The number of carbonyl (C=O) groups is 3. The molecule has 1 aromatic carbocycles. The Morgan fingerprint density at radius 3 is 2.68 bits per heavy atom. The van der Waals surface area contributed by atoms with Gasteiger partial charge >= 0.3 is 0 Å². The van der Waals surface area contributed by atoms with E-state index in [9.17, 15) is 14.4 Å². The highest BCUT2D eigenvalue weighted by Gasteiger charge is 2.30. The Bertz CT molecular complexity index is 896. The Morgan fingerprint density at radius 1 is 1.28 bits per heavy atom. The zero-order chi connectivity index (χ0) is 18.0. The van der Waals surface area contributed by atoms with Gasteiger partial charge in [-0.3, -0.25) is 19.3 Å². The number of amides is 3. The van der Waals surface area contributed by atoms with E-state index in [2.05, 4.69) is 4.99 Å². The maximum absolute atomic E-state index is 12.3. The monoisotopic (exact) mass is 361 g/mol. The average Bonchev–Trinajstić information content (AvgIpc) is 3.08. The van der Waals surface area contributed by atoms with Crippen molar-refractivity contribution in [1.82, 2.24) is 9.47 Å². The van der Waals surface area contributed by atoms with Crippen LogP contribution in [-0.2, 0) is 25.7 Å². The number of aryl methyl sites for hydroxylation is 1. The maximum Gasteiger partial charge on any atom is 0.268 e. The van der Waals surface area contributed by atoms with Crippen LogP contribution in [0.5, 0.6) is 0 Å². The van der Waals surface area contributed by atoms with Crippen molar-refractivity contribution in [1.29, 1.82) is 0 Å². The van der Waals surface area contributed by atoms with E-state index in [-0.39, 0.29) is 31.2 Å². The van der Waals surface area contributed by atoms with E-state index in [4.69, 9.17) is 4.74 Å². The normalized spacial score (nSPS) is 15.6. The molecule has 1 aliphatic rings. The molecule has 1 aliphatic heterocycles. The van der Waals surface area contributed by atoms with Crippen molar-refractivity contribution in [3.63, 3.8) is 0 Å². The minimum absolute atomic E-state index is 0.169. The molecule has 132 valence electrons. The third-order valence-electron chi connectivity index (χ3n) is 4.09. The van der Waals surface area contributed by atoms with Crippen LogP contribution in [0.2, 0.25) is 0 Å². The van der Waals surface area contributed by atoms with Crippen molar-refractivity contribution in [2.24, 2.45) is 4.99 Å². The molecule has 8 heteroatoms. The molecule has 0 atom stereocenters. The van der Waals surface area contributed by atoms with E-state index in [1.165, 1.54) is 11.3 Å². The lowest BCUT2D eigenvalue weighted by atomic mass is 10.2. The van der Waals surface area contributed by atoms with Gasteiger partial charge in [-0.2, -0.15) is 4.99 Å². The molecule has 3 amide bonds. The van der Waals surface area contributed by atoms with Gasteiger partial charge in [0, 0.05) is 26.5 Å². The molecule has 7 nitrogen and oxygen atoms in total. The van der Waals surface area contributed by atoms with Gasteiger partial charge in [0.1, 0.15) is 6.54 Å². The van der Waals surface area contributed by atoms with E-state index in [1.54, 1.807) is 7.11 Å². The number of imide groups is 1. The number of thiazole rings is 1. The third-order valence-corrected chi connectivity index (χ3v) is 5.13. The second-order valence-corrected chi connectivity index (χ2v) is 6.84. The number of ether oxygens (including phenoxy) is 1. The fraction of sp³-hybridized carbons (Fsp3) is 0.412. The molecule has 0 N–H and O–H groups in total. The second-order valence-electron chi connectivity index (χ2n) is 5.83. The molecule has 1 saturated heterocycles. The number of carbonyl (C=O) groups excluding carboxylic acids is 3. The predicted octanol–water partition coefficient (Wildman–Crippen LogP) is 1.23. The Balaban J connectivity index is 1.97. The maximum atomic E-state index is 12.3. The van der Waals surface area contributed by atoms with Crippen molar-refractivity contribution in [2.75, 3.05) is 20.3 Å². The number of methoxy groups -OCH3 is 1. The van der Waals surface area contributed by atoms with Crippen LogP contribution in [0.3, 0.4) is 0 Å². The van der Waals surface area contributed by atoms with Crippen LogP contribution in [0, 0.1) is 6.92 Å². The third kappa shape index (κ3) is 3.54. The largest absolute Gasteiger partial charge is 0.383 e. The fourth-order valence-corrected chi connectivity index (χ4v) is 4.01. The number of benzene rings is 1. The first-order valence-corrected chi connectivity index (χ1v) is 8.81. The molecule has 1 aromatic heterocycles. The molecule has 0 radical (unpaired) electrons. The first kappa shape index (κ1) is 17.5. The highest BCUT2D eigenvalue weighted by Crippen LogP contribution is 2.21. The van der Waals surface area contributed by atoms with Crippen molar-refractivity contribution >= 4 is 39.3 Å². The number of hydrogen-bond acceptors (Lipinski definition) is 5. The number of likely N-dealkylation sites (tertiary alicyclic amines) is 1. The van der Waals surface area contributed by atoms with Crippen LogP contribution in [0.15, 0.2) is 23.2 Å². The molecule has 0 spiro atoms. The Morgan fingerprint density at radius 2 is 2.00 bits per heavy atom. The van der Waals surface area contributed by atoms with Crippen LogP contribution in [0.25, 0.3) is 10.2 Å². The van der Waals surface area contributed by atoms with E-state index >= 15 is 0 Å². The minimum Gasteiger partial charge on any atom is -0.383 e. The number of nitrogens with zero attached hydrogens (tertiary/aromatic N) is 3. The van der Waals surface area contributed by atoms with Gasteiger partial charge in [0.25, 0.3) is 5.91 Å². The Kier molecular flexibility index (Phi) is 5.10. The average molecular weight is 361 g/mol. The summed E-state index contributed by atoms with van der Waals surface area (Å²) in [4.78, 5) is 41.3. The van der Waals surface area contributed by atoms with Gasteiger partial charge in [0.15, 0.2) is 4.80 Å². The quantitative estimate of drug-likeness (QED) is 0.750. The lowest BCUT2D eigenvalue weighted by molar-refractivity contribution is -0.141. The standard InChI is InChI=1S/C17H19N3O4S/c1-11-4-3-5-12-16(11)19(8-9-24-2)17(25-12)18-13(21)10-20-14(22)6-7-15(20)23/h3-5H,6-10H2,1-2H3.